The fourth-order valence-corrected chi connectivity index (χ4v) is 5.14. The van der Waals surface area contributed by atoms with Gasteiger partial charge in [-0.1, -0.05) is 27.7 Å². The average Bonchev–Trinajstić information content (AvgIpc) is 2.71. The van der Waals surface area contributed by atoms with Gasteiger partial charge in [-0.3, -0.25) is 0 Å². The molecule has 0 aromatic carbocycles. The lowest BCUT2D eigenvalue weighted by Gasteiger charge is -2.07. The fourth-order valence-electron chi connectivity index (χ4n) is 2.80. The van der Waals surface area contributed by atoms with Crippen molar-refractivity contribution < 1.29 is 13.5 Å². The summed E-state index contributed by atoms with van der Waals surface area (Å²) in [7, 11) is -3.51. The smallest absolute Gasteiger partial charge is 0.241 e. The molecule has 0 unspecified atom stereocenters. The molecule has 19 heavy (non-hydrogen) atoms. The summed E-state index contributed by atoms with van der Waals surface area (Å²) in [5, 5.41) is 10.8. The summed E-state index contributed by atoms with van der Waals surface area (Å²) < 4.78 is 27.1. The zero-order valence-corrected chi connectivity index (χ0v) is 13.4. The Morgan fingerprint density at radius 2 is 1.89 bits per heavy atom. The molecule has 2 rings (SSSR count). The topological polar surface area (TPSA) is 66.4 Å². The van der Waals surface area contributed by atoms with E-state index in [1.807, 2.05) is 0 Å². The third-order valence-electron chi connectivity index (χ3n) is 4.93. The first kappa shape index (κ1) is 15.0. The van der Waals surface area contributed by atoms with E-state index in [2.05, 4.69) is 32.4 Å². The number of nitrogens with one attached hydrogen (secondary N) is 1. The van der Waals surface area contributed by atoms with E-state index in [-0.39, 0.29) is 22.3 Å². The largest absolute Gasteiger partial charge is 0.391 e. The van der Waals surface area contributed by atoms with Crippen LogP contribution in [0.25, 0.3) is 0 Å². The molecule has 0 amide bonds. The number of sulfonamides is 1. The maximum Gasteiger partial charge on any atom is 0.241 e. The van der Waals surface area contributed by atoms with Crippen molar-refractivity contribution in [2.45, 2.75) is 39.2 Å². The second-order valence-corrected chi connectivity index (χ2v) is 8.95. The lowest BCUT2D eigenvalue weighted by molar-refractivity contribution is 0.282. The van der Waals surface area contributed by atoms with E-state index in [0.717, 1.165) is 0 Å². The maximum absolute atomic E-state index is 12.2. The highest BCUT2D eigenvalue weighted by Crippen LogP contribution is 2.67. The van der Waals surface area contributed by atoms with Crippen molar-refractivity contribution in [1.29, 1.82) is 0 Å². The average molecular weight is 303 g/mol. The van der Waals surface area contributed by atoms with Crippen molar-refractivity contribution in [3.8, 4) is 0 Å². The standard InChI is InChI=1S/C13H21NO3S2/c1-12(2)11(13(12,3)4)7-14-19(16,17)10-5-6-18-9(10)8-15/h5-6,11,14-15H,7-8H2,1-4H3. The number of aliphatic hydroxyl groups excluding tert-OH is 1. The van der Waals surface area contributed by atoms with E-state index in [4.69, 9.17) is 5.11 Å². The molecule has 0 aliphatic heterocycles. The molecule has 1 aromatic rings. The molecule has 4 nitrogen and oxygen atoms in total. The van der Waals surface area contributed by atoms with Gasteiger partial charge in [0.25, 0.3) is 0 Å². The van der Waals surface area contributed by atoms with Gasteiger partial charge >= 0.3 is 0 Å². The Morgan fingerprint density at radius 1 is 1.32 bits per heavy atom. The molecule has 108 valence electrons. The van der Waals surface area contributed by atoms with Crippen molar-refractivity contribution in [3.05, 3.63) is 16.3 Å². The molecular weight excluding hydrogens is 282 g/mol. The van der Waals surface area contributed by atoms with Gasteiger partial charge in [-0.2, -0.15) is 0 Å². The van der Waals surface area contributed by atoms with Crippen LogP contribution in [0.5, 0.6) is 0 Å². The minimum absolute atomic E-state index is 0.157. The summed E-state index contributed by atoms with van der Waals surface area (Å²) in [6.45, 7) is 8.86. The van der Waals surface area contributed by atoms with Crippen LogP contribution in [0, 0.1) is 16.7 Å². The van der Waals surface area contributed by atoms with Crippen LogP contribution in [0.4, 0.5) is 0 Å². The summed E-state index contributed by atoms with van der Waals surface area (Å²) in [5.41, 5.74) is 0.313. The van der Waals surface area contributed by atoms with Crippen LogP contribution in [-0.4, -0.2) is 20.1 Å². The van der Waals surface area contributed by atoms with E-state index >= 15 is 0 Å². The molecule has 1 fully saturated rings. The van der Waals surface area contributed by atoms with Gasteiger partial charge in [0.15, 0.2) is 0 Å². The van der Waals surface area contributed by atoms with Crippen LogP contribution in [0.15, 0.2) is 16.3 Å². The van der Waals surface area contributed by atoms with Crippen molar-refractivity contribution in [3.63, 3.8) is 0 Å². The van der Waals surface area contributed by atoms with Crippen molar-refractivity contribution in [2.24, 2.45) is 16.7 Å². The molecule has 6 heteroatoms. The molecule has 1 aliphatic carbocycles. The highest BCUT2D eigenvalue weighted by molar-refractivity contribution is 7.89. The summed E-state index contributed by atoms with van der Waals surface area (Å²) in [6, 6.07) is 1.54. The Hall–Kier alpha value is -0.430. The monoisotopic (exact) mass is 303 g/mol. The number of aliphatic hydroxyl groups is 1. The quantitative estimate of drug-likeness (QED) is 0.876. The summed E-state index contributed by atoms with van der Waals surface area (Å²) in [4.78, 5) is 0.693. The van der Waals surface area contributed by atoms with E-state index in [1.165, 1.54) is 11.3 Å². The minimum atomic E-state index is -3.51. The molecule has 0 radical (unpaired) electrons. The van der Waals surface area contributed by atoms with Crippen LogP contribution in [0.2, 0.25) is 0 Å². The van der Waals surface area contributed by atoms with Crippen LogP contribution < -0.4 is 4.72 Å². The van der Waals surface area contributed by atoms with Gasteiger partial charge in [-0.05, 0) is 28.2 Å². The molecule has 1 saturated carbocycles. The van der Waals surface area contributed by atoms with E-state index in [1.54, 1.807) is 11.4 Å². The SMILES string of the molecule is CC1(C)C(CNS(=O)(=O)c2ccsc2CO)C1(C)C. The molecule has 1 aliphatic rings. The van der Waals surface area contributed by atoms with Gasteiger partial charge in [0.05, 0.1) is 11.5 Å². The molecule has 1 heterocycles. The Balaban J connectivity index is 2.09. The lowest BCUT2D eigenvalue weighted by atomic mass is 10.0. The van der Waals surface area contributed by atoms with Gasteiger partial charge in [-0.25, -0.2) is 13.1 Å². The van der Waals surface area contributed by atoms with E-state index in [9.17, 15) is 8.42 Å². The number of hydrogen-bond acceptors (Lipinski definition) is 4. The zero-order valence-electron chi connectivity index (χ0n) is 11.7. The molecule has 2 N–H and O–H groups in total. The maximum atomic E-state index is 12.2. The van der Waals surface area contributed by atoms with Crippen LogP contribution in [0.3, 0.4) is 0 Å². The first-order valence-corrected chi connectivity index (χ1v) is 8.68. The first-order chi connectivity index (χ1) is 8.64. The van der Waals surface area contributed by atoms with Crippen LogP contribution in [0.1, 0.15) is 32.6 Å². The molecule has 0 bridgehead atoms. The Kier molecular flexibility index (Phi) is 3.58. The van der Waals surface area contributed by atoms with E-state index < -0.39 is 10.0 Å². The van der Waals surface area contributed by atoms with Crippen molar-refractivity contribution in [1.82, 2.24) is 4.72 Å². The highest BCUT2D eigenvalue weighted by Gasteiger charge is 2.64. The Morgan fingerprint density at radius 3 is 2.37 bits per heavy atom. The number of hydrogen-bond donors (Lipinski definition) is 2. The third-order valence-corrected chi connectivity index (χ3v) is 7.48. The van der Waals surface area contributed by atoms with Crippen LogP contribution in [-0.2, 0) is 16.6 Å². The Bertz CT molecular complexity index is 558. The van der Waals surface area contributed by atoms with Crippen LogP contribution >= 0.6 is 11.3 Å². The molecule has 1 aromatic heterocycles. The second kappa shape index (κ2) is 4.55. The van der Waals surface area contributed by atoms with Crippen molar-refractivity contribution in [2.75, 3.05) is 6.54 Å². The summed E-state index contributed by atoms with van der Waals surface area (Å²) in [6.07, 6.45) is 0. The van der Waals surface area contributed by atoms with Gasteiger partial charge in [0, 0.05) is 11.4 Å². The van der Waals surface area contributed by atoms with Gasteiger partial charge in [-0.15, -0.1) is 11.3 Å². The van der Waals surface area contributed by atoms with Gasteiger partial charge in [0.2, 0.25) is 10.0 Å². The predicted octanol–water partition coefficient (Wildman–Crippen LogP) is 2.20. The van der Waals surface area contributed by atoms with Crippen molar-refractivity contribution >= 4 is 21.4 Å². The lowest BCUT2D eigenvalue weighted by Crippen LogP contribution is -2.27. The predicted molar refractivity (Wildman–Crippen MR) is 76.5 cm³/mol. The zero-order chi connectivity index (χ0) is 14.5. The summed E-state index contributed by atoms with van der Waals surface area (Å²) >= 11 is 1.26. The normalized spacial score (nSPS) is 21.5. The van der Waals surface area contributed by atoms with Gasteiger partial charge < -0.3 is 5.11 Å². The Labute approximate surface area is 118 Å². The van der Waals surface area contributed by atoms with E-state index in [0.29, 0.717) is 17.3 Å². The molecule has 0 atom stereocenters. The molecule has 0 spiro atoms. The number of rotatable bonds is 5. The fraction of sp³-hybridized carbons (Fsp3) is 0.692. The third kappa shape index (κ3) is 2.35. The second-order valence-electron chi connectivity index (χ2n) is 6.21. The molecule has 0 saturated heterocycles. The minimum Gasteiger partial charge on any atom is -0.391 e. The number of thiophene rings is 1. The molecular formula is C13H21NO3S2. The first-order valence-electron chi connectivity index (χ1n) is 6.31. The highest BCUT2D eigenvalue weighted by atomic mass is 32.2. The van der Waals surface area contributed by atoms with Gasteiger partial charge in [0.1, 0.15) is 0 Å². The summed E-state index contributed by atoms with van der Waals surface area (Å²) in [5.74, 6) is 0.339.